The first-order valence-electron chi connectivity index (χ1n) is 7.14. The van der Waals surface area contributed by atoms with E-state index in [-0.39, 0.29) is 5.91 Å². The Morgan fingerprint density at radius 2 is 1.86 bits per heavy atom. The molecule has 1 aromatic heterocycles. The molecule has 1 aromatic carbocycles. The number of halogens is 1. The molecule has 3 nitrogen and oxygen atoms in total. The van der Waals surface area contributed by atoms with Crippen LogP contribution in [-0.2, 0) is 6.54 Å². The van der Waals surface area contributed by atoms with Gasteiger partial charge in [-0.1, -0.05) is 18.2 Å². The Morgan fingerprint density at radius 3 is 2.48 bits per heavy atom. The highest BCUT2D eigenvalue weighted by molar-refractivity contribution is 9.11. The Hall–Kier alpha value is -1.17. The monoisotopic (exact) mass is 365 g/mol. The average Bonchev–Trinajstić information content (AvgIpc) is 2.93. The summed E-state index contributed by atoms with van der Waals surface area (Å²) < 4.78 is 1.19. The van der Waals surface area contributed by atoms with Crippen molar-refractivity contribution in [3.63, 3.8) is 0 Å². The topological polar surface area (TPSA) is 24.8 Å². The van der Waals surface area contributed by atoms with Gasteiger partial charge < -0.3 is 9.80 Å². The van der Waals surface area contributed by atoms with E-state index in [1.54, 1.807) is 16.2 Å². The minimum atomic E-state index is 0.161. The summed E-state index contributed by atoms with van der Waals surface area (Å²) in [5, 5.41) is 0. The van der Waals surface area contributed by atoms with Crippen molar-refractivity contribution in [1.82, 2.24) is 4.90 Å². The molecule has 5 heteroatoms. The van der Waals surface area contributed by atoms with Crippen molar-refractivity contribution in [1.29, 1.82) is 0 Å². The normalized spacial score (nSPS) is 16.1. The van der Waals surface area contributed by atoms with Crippen molar-refractivity contribution in [2.24, 2.45) is 0 Å². The summed E-state index contributed by atoms with van der Waals surface area (Å²) in [6.45, 7) is 4.79. The maximum atomic E-state index is 12.4. The number of hydrogen-bond acceptors (Lipinski definition) is 2. The zero-order valence-electron chi connectivity index (χ0n) is 11.7. The third-order valence-corrected chi connectivity index (χ3v) is 5.46. The van der Waals surface area contributed by atoms with E-state index in [2.05, 4.69) is 28.1 Å². The molecule has 1 aliphatic heterocycles. The number of carbonyl (C=O) groups is 1. The molecule has 1 N–H and O–H groups in total. The van der Waals surface area contributed by atoms with Gasteiger partial charge in [0.15, 0.2) is 0 Å². The lowest BCUT2D eigenvalue weighted by Crippen LogP contribution is -3.13. The number of hydrogen-bond donors (Lipinski definition) is 1. The number of thiophene rings is 1. The highest BCUT2D eigenvalue weighted by Crippen LogP contribution is 2.21. The van der Waals surface area contributed by atoms with E-state index >= 15 is 0 Å². The van der Waals surface area contributed by atoms with E-state index in [1.165, 1.54) is 8.66 Å². The number of nitrogens with zero attached hydrogens (tertiary/aromatic N) is 1. The van der Waals surface area contributed by atoms with Crippen molar-refractivity contribution in [3.8, 4) is 0 Å². The molecule has 0 atom stereocenters. The van der Waals surface area contributed by atoms with E-state index < -0.39 is 0 Å². The van der Waals surface area contributed by atoms with Gasteiger partial charge in [0, 0.05) is 5.56 Å². The Morgan fingerprint density at radius 1 is 1.14 bits per heavy atom. The van der Waals surface area contributed by atoms with Crippen LogP contribution >= 0.6 is 27.3 Å². The van der Waals surface area contributed by atoms with E-state index in [0.29, 0.717) is 0 Å². The van der Waals surface area contributed by atoms with Gasteiger partial charge in [-0.2, -0.15) is 0 Å². The summed E-state index contributed by atoms with van der Waals surface area (Å²) in [6, 6.07) is 13.9. The first kappa shape index (κ1) is 14.8. The third-order valence-electron chi connectivity index (χ3n) is 3.83. The molecule has 110 valence electrons. The van der Waals surface area contributed by atoms with Crippen LogP contribution in [0.15, 0.2) is 46.3 Å². The van der Waals surface area contributed by atoms with Crippen molar-refractivity contribution < 1.29 is 9.69 Å². The SMILES string of the molecule is O=C(c1ccccc1)N1CC[NH+](Cc2ccc(Br)s2)CC1. The van der Waals surface area contributed by atoms with Gasteiger partial charge in [-0.05, 0) is 40.2 Å². The molecular formula is C16H18BrN2OS+. The lowest BCUT2D eigenvalue weighted by molar-refractivity contribution is -0.917. The van der Waals surface area contributed by atoms with Crippen molar-refractivity contribution in [2.45, 2.75) is 6.54 Å². The molecule has 2 aromatic rings. The summed E-state index contributed by atoms with van der Waals surface area (Å²) in [5.74, 6) is 0.161. The van der Waals surface area contributed by atoms with Gasteiger partial charge in [0.2, 0.25) is 0 Å². The second-order valence-electron chi connectivity index (χ2n) is 5.29. The fourth-order valence-electron chi connectivity index (χ4n) is 2.66. The summed E-state index contributed by atoms with van der Waals surface area (Å²) in [7, 11) is 0. The van der Waals surface area contributed by atoms with E-state index in [0.717, 1.165) is 38.3 Å². The number of carbonyl (C=O) groups excluding carboxylic acids is 1. The Kier molecular flexibility index (Phi) is 4.73. The fraction of sp³-hybridized carbons (Fsp3) is 0.312. The number of benzene rings is 1. The van der Waals surface area contributed by atoms with Crippen LogP contribution in [0.3, 0.4) is 0 Å². The summed E-state index contributed by atoms with van der Waals surface area (Å²) in [6.07, 6.45) is 0. The van der Waals surface area contributed by atoms with Crippen molar-refractivity contribution in [3.05, 3.63) is 56.7 Å². The van der Waals surface area contributed by atoms with Crippen LogP contribution in [-0.4, -0.2) is 37.0 Å². The van der Waals surface area contributed by atoms with Gasteiger partial charge in [-0.3, -0.25) is 4.79 Å². The largest absolute Gasteiger partial charge is 0.328 e. The standard InChI is InChI=1S/C16H17BrN2OS/c17-15-7-6-14(21-15)12-18-8-10-19(11-9-18)16(20)13-4-2-1-3-5-13/h1-7H,8-12H2/p+1. The Bertz CT molecular complexity index is 606. The minimum Gasteiger partial charge on any atom is -0.328 e. The molecular weight excluding hydrogens is 348 g/mol. The Labute approximate surface area is 137 Å². The predicted molar refractivity (Wildman–Crippen MR) is 88.8 cm³/mol. The van der Waals surface area contributed by atoms with Gasteiger partial charge >= 0.3 is 0 Å². The highest BCUT2D eigenvalue weighted by atomic mass is 79.9. The van der Waals surface area contributed by atoms with Gasteiger partial charge in [0.25, 0.3) is 5.91 Å². The third kappa shape index (κ3) is 3.73. The molecule has 0 spiro atoms. The zero-order chi connectivity index (χ0) is 14.7. The van der Waals surface area contributed by atoms with Crippen LogP contribution in [0.1, 0.15) is 15.2 Å². The maximum Gasteiger partial charge on any atom is 0.254 e. The second-order valence-corrected chi connectivity index (χ2v) is 7.84. The van der Waals surface area contributed by atoms with Crippen LogP contribution in [0.25, 0.3) is 0 Å². The highest BCUT2D eigenvalue weighted by Gasteiger charge is 2.24. The summed E-state index contributed by atoms with van der Waals surface area (Å²) in [5.41, 5.74) is 0.795. The van der Waals surface area contributed by atoms with Crippen LogP contribution in [0.4, 0.5) is 0 Å². The van der Waals surface area contributed by atoms with Crippen molar-refractivity contribution in [2.75, 3.05) is 26.2 Å². The molecule has 1 amide bonds. The molecule has 21 heavy (non-hydrogen) atoms. The van der Waals surface area contributed by atoms with E-state index in [9.17, 15) is 4.79 Å². The number of nitrogens with one attached hydrogen (secondary N) is 1. The molecule has 3 rings (SSSR count). The number of amides is 1. The molecule has 1 aliphatic rings. The molecule has 0 aliphatic carbocycles. The summed E-state index contributed by atoms with van der Waals surface area (Å²) >= 11 is 5.31. The van der Waals surface area contributed by atoms with Crippen molar-refractivity contribution >= 4 is 33.2 Å². The number of rotatable bonds is 3. The smallest absolute Gasteiger partial charge is 0.254 e. The predicted octanol–water partition coefficient (Wildman–Crippen LogP) is 2.05. The first-order chi connectivity index (χ1) is 10.2. The molecule has 0 bridgehead atoms. The van der Waals surface area contributed by atoms with E-state index in [1.807, 2.05) is 35.2 Å². The van der Waals surface area contributed by atoms with Gasteiger partial charge in [0.05, 0.1) is 34.8 Å². The van der Waals surface area contributed by atoms with E-state index in [4.69, 9.17) is 0 Å². The number of quaternary nitrogens is 1. The average molecular weight is 366 g/mol. The van der Waals surface area contributed by atoms with Gasteiger partial charge in [-0.15, -0.1) is 11.3 Å². The summed E-state index contributed by atoms with van der Waals surface area (Å²) in [4.78, 5) is 17.3. The fourth-order valence-corrected chi connectivity index (χ4v) is 4.21. The zero-order valence-corrected chi connectivity index (χ0v) is 14.1. The van der Waals surface area contributed by atoms with Gasteiger partial charge in [-0.25, -0.2) is 0 Å². The molecule has 0 saturated carbocycles. The number of piperazine rings is 1. The molecule has 1 saturated heterocycles. The van der Waals surface area contributed by atoms with Crippen LogP contribution < -0.4 is 4.90 Å². The second kappa shape index (κ2) is 6.73. The lowest BCUT2D eigenvalue weighted by atomic mass is 10.2. The van der Waals surface area contributed by atoms with Crippen LogP contribution in [0.2, 0.25) is 0 Å². The maximum absolute atomic E-state index is 12.4. The van der Waals surface area contributed by atoms with Crippen LogP contribution in [0.5, 0.6) is 0 Å². The quantitative estimate of drug-likeness (QED) is 0.884. The van der Waals surface area contributed by atoms with Gasteiger partial charge in [0.1, 0.15) is 6.54 Å². The van der Waals surface area contributed by atoms with Crippen LogP contribution in [0, 0.1) is 0 Å². The molecule has 0 unspecified atom stereocenters. The lowest BCUT2D eigenvalue weighted by Gasteiger charge is -2.32. The Balaban J connectivity index is 1.54. The molecule has 2 heterocycles. The minimum absolute atomic E-state index is 0.161. The molecule has 1 fully saturated rings. The molecule has 0 radical (unpaired) electrons. The first-order valence-corrected chi connectivity index (χ1v) is 8.75.